The van der Waals surface area contributed by atoms with E-state index in [1.165, 1.54) is 0 Å². The summed E-state index contributed by atoms with van der Waals surface area (Å²) in [5, 5.41) is 3.53. The van der Waals surface area contributed by atoms with Crippen molar-refractivity contribution in [1.82, 2.24) is 5.32 Å². The number of hydrogen-bond donors (Lipinski definition) is 1. The fourth-order valence-corrected chi connectivity index (χ4v) is 4.31. The van der Waals surface area contributed by atoms with E-state index in [0.717, 1.165) is 12.1 Å². The highest BCUT2D eigenvalue weighted by atomic mass is 35.5. The second kappa shape index (κ2) is 6.68. The van der Waals surface area contributed by atoms with Crippen molar-refractivity contribution in [2.75, 3.05) is 31.7 Å². The van der Waals surface area contributed by atoms with Crippen LogP contribution in [0, 0.1) is 11.8 Å². The average molecular weight is 377 g/mol. The topological polar surface area (TPSA) is 67.9 Å². The number of anilines is 1. The maximum Gasteiger partial charge on any atom is 0.234 e. The van der Waals surface area contributed by atoms with E-state index in [2.05, 4.69) is 5.32 Å². The summed E-state index contributed by atoms with van der Waals surface area (Å²) in [6.45, 7) is 1.52. The number of halogens is 1. The van der Waals surface area contributed by atoms with E-state index in [1.54, 1.807) is 24.1 Å². The number of nitrogens with one attached hydrogen (secondary N) is 1. The third kappa shape index (κ3) is 2.73. The lowest BCUT2D eigenvalue weighted by atomic mass is 9.77. The molecule has 3 aliphatic heterocycles. The van der Waals surface area contributed by atoms with Crippen molar-refractivity contribution in [3.05, 3.63) is 41.4 Å². The predicted octanol–water partition coefficient (Wildman–Crippen LogP) is 1.78. The molecule has 0 unspecified atom stereocenters. The first-order valence-electron chi connectivity index (χ1n) is 8.76. The van der Waals surface area contributed by atoms with Crippen LogP contribution < -0.4 is 10.2 Å². The second-order valence-electron chi connectivity index (χ2n) is 6.94. The van der Waals surface area contributed by atoms with E-state index in [1.807, 2.05) is 24.3 Å². The maximum atomic E-state index is 13.1. The Hall–Kier alpha value is -1.89. The molecular formula is C19H21ClN2O4. The van der Waals surface area contributed by atoms with Crippen LogP contribution >= 0.6 is 11.6 Å². The highest BCUT2D eigenvalue weighted by Gasteiger charge is 2.66. The van der Waals surface area contributed by atoms with Crippen LogP contribution in [0.2, 0.25) is 5.02 Å². The van der Waals surface area contributed by atoms with Crippen LogP contribution in [0.15, 0.2) is 36.4 Å². The average Bonchev–Trinajstić information content (AvgIpc) is 3.28. The summed E-state index contributed by atoms with van der Waals surface area (Å²) >= 11 is 5.95. The summed E-state index contributed by atoms with van der Waals surface area (Å²) < 4.78 is 11.1. The number of methoxy groups -OCH3 is 1. The third-order valence-electron chi connectivity index (χ3n) is 5.37. The van der Waals surface area contributed by atoms with Crippen LogP contribution in [0.25, 0.3) is 0 Å². The molecule has 2 fully saturated rings. The van der Waals surface area contributed by atoms with Gasteiger partial charge < -0.3 is 19.7 Å². The van der Waals surface area contributed by atoms with Crippen LogP contribution in [0.5, 0.6) is 0 Å². The Balaban J connectivity index is 1.53. The highest BCUT2D eigenvalue weighted by Crippen LogP contribution is 2.52. The van der Waals surface area contributed by atoms with E-state index in [9.17, 15) is 9.59 Å². The van der Waals surface area contributed by atoms with Crippen molar-refractivity contribution in [3.63, 3.8) is 0 Å². The van der Waals surface area contributed by atoms with E-state index < -0.39 is 17.4 Å². The summed E-state index contributed by atoms with van der Waals surface area (Å²) in [5.41, 5.74) is 0.0542. The third-order valence-corrected chi connectivity index (χ3v) is 5.62. The molecular weight excluding hydrogens is 356 g/mol. The summed E-state index contributed by atoms with van der Waals surface area (Å²) in [6.07, 6.45) is 4.26. The van der Waals surface area contributed by atoms with Gasteiger partial charge in [0.15, 0.2) is 0 Å². The van der Waals surface area contributed by atoms with Gasteiger partial charge in [0, 0.05) is 31.0 Å². The van der Waals surface area contributed by atoms with Crippen molar-refractivity contribution in [2.45, 2.75) is 18.1 Å². The maximum absolute atomic E-state index is 13.1. The monoisotopic (exact) mass is 376 g/mol. The molecule has 3 aliphatic rings. The Bertz CT molecular complexity index is 750. The van der Waals surface area contributed by atoms with E-state index in [-0.39, 0.29) is 17.9 Å². The van der Waals surface area contributed by atoms with Crippen LogP contribution in [-0.4, -0.2) is 50.3 Å². The van der Waals surface area contributed by atoms with Crippen molar-refractivity contribution < 1.29 is 19.1 Å². The van der Waals surface area contributed by atoms with Gasteiger partial charge in [-0.15, -0.1) is 0 Å². The molecule has 138 valence electrons. The zero-order chi connectivity index (χ0) is 18.3. The zero-order valence-electron chi connectivity index (χ0n) is 14.5. The van der Waals surface area contributed by atoms with Crippen LogP contribution in [0.3, 0.4) is 0 Å². The molecule has 2 bridgehead atoms. The second-order valence-corrected chi connectivity index (χ2v) is 7.37. The molecule has 4 rings (SSSR count). The lowest BCUT2D eigenvalue weighted by Crippen LogP contribution is -2.44. The molecule has 2 amide bonds. The number of hydrogen-bond acceptors (Lipinski definition) is 4. The number of amides is 2. The molecule has 6 nitrogen and oxygen atoms in total. The molecule has 0 saturated carbocycles. The first kappa shape index (κ1) is 17.5. The van der Waals surface area contributed by atoms with Gasteiger partial charge in [0.05, 0.1) is 24.5 Å². The van der Waals surface area contributed by atoms with Gasteiger partial charge in [-0.2, -0.15) is 0 Å². The molecule has 7 heteroatoms. The molecule has 4 atom stereocenters. The zero-order valence-corrected chi connectivity index (χ0v) is 15.2. The number of benzene rings is 1. The van der Waals surface area contributed by atoms with Gasteiger partial charge >= 0.3 is 0 Å². The van der Waals surface area contributed by atoms with Crippen LogP contribution in [0.4, 0.5) is 5.69 Å². The van der Waals surface area contributed by atoms with E-state index in [0.29, 0.717) is 24.7 Å². The number of nitrogens with zero attached hydrogens (tertiary/aromatic N) is 1. The summed E-state index contributed by atoms with van der Waals surface area (Å²) in [7, 11) is 1.63. The van der Waals surface area contributed by atoms with Gasteiger partial charge in [-0.25, -0.2) is 0 Å². The minimum absolute atomic E-state index is 0.0730. The molecule has 2 saturated heterocycles. The normalized spacial score (nSPS) is 31.5. The summed E-state index contributed by atoms with van der Waals surface area (Å²) in [6, 6.07) is 7.13. The fraction of sp³-hybridized carbons (Fsp3) is 0.474. The number of carbonyl (C=O) groups is 2. The Labute approximate surface area is 157 Å². The van der Waals surface area contributed by atoms with E-state index >= 15 is 0 Å². The van der Waals surface area contributed by atoms with Gasteiger partial charge in [0.2, 0.25) is 11.8 Å². The summed E-state index contributed by atoms with van der Waals surface area (Å²) in [4.78, 5) is 27.5. The Morgan fingerprint density at radius 1 is 1.42 bits per heavy atom. The van der Waals surface area contributed by atoms with Gasteiger partial charge in [-0.3, -0.25) is 9.59 Å². The molecule has 1 N–H and O–H groups in total. The molecule has 26 heavy (non-hydrogen) atoms. The van der Waals surface area contributed by atoms with Gasteiger partial charge in [-0.05, 0) is 30.7 Å². The quantitative estimate of drug-likeness (QED) is 0.607. The number of ether oxygens (including phenoxy) is 2. The lowest BCUT2D eigenvalue weighted by molar-refractivity contribution is -0.131. The smallest absolute Gasteiger partial charge is 0.234 e. The molecule has 0 aliphatic carbocycles. The SMILES string of the molecule is COCCCNC(=O)[C@@H]1[C@@H]2C=C[C@]3(CN(c4ccc(Cl)cc4)C(=O)[C@@H]13)O2. The minimum Gasteiger partial charge on any atom is -0.385 e. The van der Waals surface area contributed by atoms with Gasteiger partial charge in [-0.1, -0.05) is 23.8 Å². The minimum atomic E-state index is -0.712. The van der Waals surface area contributed by atoms with Crippen LogP contribution in [-0.2, 0) is 19.1 Å². The molecule has 1 spiro atoms. The van der Waals surface area contributed by atoms with Gasteiger partial charge in [0.25, 0.3) is 0 Å². The van der Waals surface area contributed by atoms with Crippen molar-refractivity contribution in [2.24, 2.45) is 11.8 Å². The Morgan fingerprint density at radius 3 is 2.92 bits per heavy atom. The number of rotatable bonds is 6. The van der Waals surface area contributed by atoms with E-state index in [4.69, 9.17) is 21.1 Å². The predicted molar refractivity (Wildman–Crippen MR) is 97.0 cm³/mol. The van der Waals surface area contributed by atoms with Gasteiger partial charge in [0.1, 0.15) is 5.60 Å². The van der Waals surface area contributed by atoms with Crippen molar-refractivity contribution >= 4 is 29.1 Å². The first-order valence-corrected chi connectivity index (χ1v) is 9.14. The molecule has 0 aromatic heterocycles. The largest absolute Gasteiger partial charge is 0.385 e. The van der Waals surface area contributed by atoms with Crippen molar-refractivity contribution in [3.8, 4) is 0 Å². The Morgan fingerprint density at radius 2 is 2.19 bits per heavy atom. The highest BCUT2D eigenvalue weighted by molar-refractivity contribution is 6.30. The molecule has 1 aromatic rings. The Kier molecular flexibility index (Phi) is 4.50. The standard InChI is InChI=1S/C19H21ClN2O4/c1-25-10-2-9-21-17(23)15-14-7-8-19(26-14)11-22(18(24)16(15)19)13-5-3-12(20)4-6-13/h3-8,14-16H,2,9-11H2,1H3,(H,21,23)/t14-,15+,16+,19+/m0/s1. The first-order chi connectivity index (χ1) is 12.6. The lowest BCUT2D eigenvalue weighted by Gasteiger charge is -2.23. The molecule has 0 radical (unpaired) electrons. The number of fused-ring (bicyclic) bond motifs is 1. The fourth-order valence-electron chi connectivity index (χ4n) is 4.18. The number of carbonyl (C=O) groups excluding carboxylic acids is 2. The van der Waals surface area contributed by atoms with Crippen LogP contribution in [0.1, 0.15) is 6.42 Å². The van der Waals surface area contributed by atoms with Crippen molar-refractivity contribution in [1.29, 1.82) is 0 Å². The molecule has 1 aromatic carbocycles. The molecule has 3 heterocycles. The summed E-state index contributed by atoms with van der Waals surface area (Å²) in [5.74, 6) is -1.19.